The van der Waals surface area contributed by atoms with Gasteiger partial charge in [-0.25, -0.2) is 12.8 Å². The molecule has 0 fully saturated rings. The molecule has 226 valence electrons. The van der Waals surface area contributed by atoms with Crippen molar-refractivity contribution in [1.29, 1.82) is 0 Å². The van der Waals surface area contributed by atoms with Crippen molar-refractivity contribution in [3.63, 3.8) is 0 Å². The predicted octanol–water partition coefficient (Wildman–Crippen LogP) is 5.54. The molecule has 0 aliphatic rings. The lowest BCUT2D eigenvalue weighted by Crippen LogP contribution is -2.54. The molecule has 0 spiro atoms. The Kier molecular flexibility index (Phi) is 10.9. The molecule has 0 aliphatic carbocycles. The quantitative estimate of drug-likeness (QED) is 0.298. The summed E-state index contributed by atoms with van der Waals surface area (Å²) in [5.41, 5.74) is 2.97. The number of sulfonamides is 1. The maximum atomic E-state index is 14.8. The first-order chi connectivity index (χ1) is 19.7. The van der Waals surface area contributed by atoms with E-state index in [1.807, 2.05) is 71.0 Å². The van der Waals surface area contributed by atoms with E-state index in [0.717, 1.165) is 22.9 Å². The Balaban J connectivity index is 1.93. The molecule has 9 heteroatoms. The molecule has 0 heterocycles. The fraction of sp³-hybridized carbons (Fsp3) is 0.394. The van der Waals surface area contributed by atoms with E-state index < -0.39 is 27.4 Å². The number of hydrogen-bond acceptors (Lipinski definition) is 4. The molecule has 3 aromatic rings. The topological polar surface area (TPSA) is 86.8 Å². The number of benzene rings is 3. The molecular formula is C33H42FN3O4S. The number of nitrogens with one attached hydrogen (secondary N) is 1. The second-order valence-electron chi connectivity index (χ2n) is 11.7. The van der Waals surface area contributed by atoms with E-state index in [9.17, 15) is 22.4 Å². The number of amides is 2. The first-order valence-corrected chi connectivity index (χ1v) is 15.9. The molecule has 42 heavy (non-hydrogen) atoms. The van der Waals surface area contributed by atoms with E-state index in [0.29, 0.717) is 11.3 Å². The van der Waals surface area contributed by atoms with Gasteiger partial charge in [0.25, 0.3) is 0 Å². The summed E-state index contributed by atoms with van der Waals surface area (Å²) in [6.07, 6.45) is 1.57. The van der Waals surface area contributed by atoms with Crippen LogP contribution in [0.25, 0.3) is 0 Å². The van der Waals surface area contributed by atoms with Gasteiger partial charge in [-0.3, -0.25) is 13.9 Å². The lowest BCUT2D eigenvalue weighted by molar-refractivity contribution is -0.142. The van der Waals surface area contributed by atoms with Gasteiger partial charge in [-0.2, -0.15) is 0 Å². The molecule has 0 aromatic heterocycles. The van der Waals surface area contributed by atoms with Crippen molar-refractivity contribution in [2.45, 2.75) is 72.0 Å². The first kappa shape index (κ1) is 32.8. The summed E-state index contributed by atoms with van der Waals surface area (Å²) in [5, 5.41) is 2.99. The van der Waals surface area contributed by atoms with E-state index in [1.165, 1.54) is 15.3 Å². The van der Waals surface area contributed by atoms with Crippen LogP contribution in [-0.4, -0.2) is 49.5 Å². The molecule has 2 amide bonds. The normalized spacial score (nSPS) is 12.5. The molecule has 0 bridgehead atoms. The van der Waals surface area contributed by atoms with Gasteiger partial charge >= 0.3 is 0 Å². The van der Waals surface area contributed by atoms with Crippen LogP contribution >= 0.6 is 0 Å². The fourth-order valence-electron chi connectivity index (χ4n) is 4.81. The van der Waals surface area contributed by atoms with Crippen LogP contribution in [0.5, 0.6) is 0 Å². The Morgan fingerprint density at radius 3 is 2.19 bits per heavy atom. The zero-order valence-corrected chi connectivity index (χ0v) is 26.2. The molecular weight excluding hydrogens is 553 g/mol. The minimum absolute atomic E-state index is 0.0283. The first-order valence-electron chi connectivity index (χ1n) is 14.1. The van der Waals surface area contributed by atoms with E-state index >= 15 is 0 Å². The van der Waals surface area contributed by atoms with Crippen molar-refractivity contribution in [2.75, 3.05) is 17.1 Å². The van der Waals surface area contributed by atoms with Crippen LogP contribution in [0.1, 0.15) is 55.9 Å². The average molecular weight is 596 g/mol. The Labute approximate surface area is 249 Å². The Morgan fingerprint density at radius 2 is 1.57 bits per heavy atom. The van der Waals surface area contributed by atoms with E-state index in [2.05, 4.69) is 5.32 Å². The zero-order chi connectivity index (χ0) is 31.1. The highest BCUT2D eigenvalue weighted by Crippen LogP contribution is 2.26. The van der Waals surface area contributed by atoms with Crippen LogP contribution in [-0.2, 0) is 32.6 Å². The number of carbonyl (C=O) groups is 2. The number of aryl methyl sites for hydroxylation is 1. The summed E-state index contributed by atoms with van der Waals surface area (Å²) in [6, 6.07) is 20.1. The minimum atomic E-state index is -3.63. The largest absolute Gasteiger partial charge is 0.350 e. The summed E-state index contributed by atoms with van der Waals surface area (Å²) in [7, 11) is -3.63. The minimum Gasteiger partial charge on any atom is -0.350 e. The second kappa shape index (κ2) is 14.0. The van der Waals surface area contributed by atoms with Gasteiger partial charge < -0.3 is 10.2 Å². The van der Waals surface area contributed by atoms with Crippen LogP contribution < -0.4 is 9.62 Å². The highest BCUT2D eigenvalue weighted by molar-refractivity contribution is 7.92. The van der Waals surface area contributed by atoms with Crippen LogP contribution in [0, 0.1) is 19.7 Å². The third-order valence-corrected chi connectivity index (χ3v) is 8.24. The maximum absolute atomic E-state index is 14.8. The van der Waals surface area contributed by atoms with Crippen molar-refractivity contribution in [3.8, 4) is 0 Å². The lowest BCUT2D eigenvalue weighted by atomic mass is 10.00. The summed E-state index contributed by atoms with van der Waals surface area (Å²) in [4.78, 5) is 29.0. The van der Waals surface area contributed by atoms with Gasteiger partial charge in [0, 0.05) is 37.0 Å². The van der Waals surface area contributed by atoms with Gasteiger partial charge in [-0.1, -0.05) is 60.7 Å². The van der Waals surface area contributed by atoms with Crippen molar-refractivity contribution < 1.29 is 22.4 Å². The van der Waals surface area contributed by atoms with E-state index in [4.69, 9.17) is 0 Å². The number of nitrogens with zero attached hydrogens (tertiary/aromatic N) is 2. The molecule has 0 aliphatic heterocycles. The maximum Gasteiger partial charge on any atom is 0.243 e. The molecule has 1 N–H and O–H groups in total. The summed E-state index contributed by atoms with van der Waals surface area (Å²) in [6.45, 7) is 9.35. The molecule has 0 unspecified atom stereocenters. The molecule has 7 nitrogen and oxygen atoms in total. The van der Waals surface area contributed by atoms with Crippen LogP contribution in [0.15, 0.2) is 72.8 Å². The number of carbonyl (C=O) groups excluding carboxylic acids is 2. The molecule has 3 aromatic carbocycles. The van der Waals surface area contributed by atoms with Gasteiger partial charge in [0.1, 0.15) is 11.9 Å². The number of hydrogen-bond donors (Lipinski definition) is 1. The van der Waals surface area contributed by atoms with E-state index in [-0.39, 0.29) is 44.2 Å². The molecule has 0 radical (unpaired) electrons. The second-order valence-corrected chi connectivity index (χ2v) is 13.6. The predicted molar refractivity (Wildman–Crippen MR) is 166 cm³/mol. The van der Waals surface area contributed by atoms with Gasteiger partial charge in [0.2, 0.25) is 21.8 Å². The van der Waals surface area contributed by atoms with Gasteiger partial charge in [0.05, 0.1) is 11.9 Å². The zero-order valence-electron chi connectivity index (χ0n) is 25.4. The average Bonchev–Trinajstić information content (AvgIpc) is 2.90. The molecule has 0 saturated heterocycles. The Morgan fingerprint density at radius 1 is 0.929 bits per heavy atom. The highest BCUT2D eigenvalue weighted by Gasteiger charge is 2.32. The molecule has 1 atom stereocenters. The summed E-state index contributed by atoms with van der Waals surface area (Å²) < 4.78 is 41.6. The summed E-state index contributed by atoms with van der Waals surface area (Å²) >= 11 is 0. The summed E-state index contributed by atoms with van der Waals surface area (Å²) in [5.74, 6) is -1.18. The molecule has 3 rings (SSSR count). The van der Waals surface area contributed by atoms with Gasteiger partial charge in [-0.15, -0.1) is 0 Å². The Hall–Kier alpha value is -3.72. The Bertz CT molecular complexity index is 1490. The standard InChI is InChI=1S/C33H42FN3O4S/c1-24-14-12-19-29(25(24)2)37(42(6,40)41)21-13-20-31(38)36(23-27-17-10-11-18-28(27)34)30(32(39)35-33(3,4)5)22-26-15-8-7-9-16-26/h7-12,14-19,30H,13,20-23H2,1-6H3,(H,35,39)/t30-/m0/s1. The van der Waals surface area contributed by atoms with Gasteiger partial charge in [-0.05, 0) is 69.9 Å². The lowest BCUT2D eigenvalue weighted by Gasteiger charge is -2.34. The van der Waals surface area contributed by atoms with Crippen molar-refractivity contribution >= 4 is 27.5 Å². The van der Waals surface area contributed by atoms with Crippen molar-refractivity contribution in [3.05, 3.63) is 101 Å². The number of anilines is 1. The van der Waals surface area contributed by atoms with E-state index in [1.54, 1.807) is 30.3 Å². The molecule has 0 saturated carbocycles. The SMILES string of the molecule is Cc1cccc(N(CCCC(=O)N(Cc2ccccc2F)[C@@H](Cc2ccccc2)C(=O)NC(C)(C)C)S(C)(=O)=O)c1C. The number of halogens is 1. The number of rotatable bonds is 12. The van der Waals surface area contributed by atoms with Crippen molar-refractivity contribution in [2.24, 2.45) is 0 Å². The highest BCUT2D eigenvalue weighted by atomic mass is 32.2. The van der Waals surface area contributed by atoms with Crippen molar-refractivity contribution in [1.82, 2.24) is 10.2 Å². The van der Waals surface area contributed by atoms with Gasteiger partial charge in [0.15, 0.2) is 0 Å². The third kappa shape index (κ3) is 9.14. The van der Waals surface area contributed by atoms with Crippen LogP contribution in [0.3, 0.4) is 0 Å². The third-order valence-electron chi connectivity index (χ3n) is 7.06. The fourth-order valence-corrected chi connectivity index (χ4v) is 5.82. The smallest absolute Gasteiger partial charge is 0.243 e. The monoisotopic (exact) mass is 595 g/mol. The van der Waals surface area contributed by atoms with Crippen LogP contribution in [0.4, 0.5) is 10.1 Å². The van der Waals surface area contributed by atoms with Crippen LogP contribution in [0.2, 0.25) is 0 Å².